The van der Waals surface area contributed by atoms with Crippen molar-refractivity contribution in [2.45, 2.75) is 105 Å². The highest BCUT2D eigenvalue weighted by Gasteiger charge is 2.25. The number of allylic oxidation sites excluding steroid dienone is 5. The Morgan fingerprint density at radius 2 is 1.85 bits per heavy atom. The lowest BCUT2D eigenvalue weighted by Crippen LogP contribution is -2.33. The number of aromatic amines is 1. The lowest BCUT2D eigenvalue weighted by atomic mass is 9.95. The summed E-state index contributed by atoms with van der Waals surface area (Å²) in [5.41, 5.74) is 2.46. The van der Waals surface area contributed by atoms with Gasteiger partial charge in [-0.2, -0.15) is 10.1 Å². The fourth-order valence-corrected chi connectivity index (χ4v) is 6.46. The molecule has 0 spiro atoms. The maximum Gasteiger partial charge on any atom is 0.439 e. The number of aliphatic hydroxyl groups is 2. The van der Waals surface area contributed by atoms with Crippen LogP contribution in [0.15, 0.2) is 57.4 Å². The van der Waals surface area contributed by atoms with Crippen molar-refractivity contribution in [3.05, 3.63) is 91.0 Å². The van der Waals surface area contributed by atoms with E-state index in [4.69, 9.17) is 14.7 Å². The third-order valence-electron chi connectivity index (χ3n) is 7.48. The molecule has 0 amide bonds. The summed E-state index contributed by atoms with van der Waals surface area (Å²) in [4.78, 5) is 34.8. The first-order valence-electron chi connectivity index (χ1n) is 16.4. The number of H-pyrrole nitrogens is 1. The van der Waals surface area contributed by atoms with E-state index in [1.807, 2.05) is 48.1 Å². The summed E-state index contributed by atoms with van der Waals surface area (Å²) in [6.45, 7) is 14.8. The molecule has 4 aromatic rings. The molecule has 4 heterocycles. The standard InChI is InChI=1S/C28H32N6O3S.C4H10O2.C2H6.C2H2/c1-4-10-21(20(6-3)25-31-28(36)37-32-25)24-15-14-19(38-24)16-22-23(11-5-2)34-27(29-17-30-34)33(26(22)35)18-12-8-7-9-13-18;1-4(2,6)3-5;2*1-2/h4,6,10,14-15,17-18H,1,5,7-9,11-13,16H2,2-3H3,(H,31,32,36);5-6H,3H2,1-2H3;1-2H3;1-2H/b20-6+,21-10+;;;. The predicted molar refractivity (Wildman–Crippen MR) is 194 cm³/mol. The van der Waals surface area contributed by atoms with E-state index in [-0.39, 0.29) is 18.2 Å². The molecule has 0 atom stereocenters. The molecule has 4 aromatic heterocycles. The SMILES string of the molecule is C#C.C=C/C=C(\C(=C/C)c1noc(=O)[nH]1)c1ccc(Cc2c(CCC)n3ncnc3n(C3CCCCC3)c2=O)s1.CC.CC(C)(O)CO. The van der Waals surface area contributed by atoms with E-state index in [1.54, 1.807) is 37.6 Å². The lowest BCUT2D eigenvalue weighted by Gasteiger charge is -2.25. The number of terminal acetylenes is 1. The van der Waals surface area contributed by atoms with Gasteiger partial charge in [0.25, 0.3) is 5.56 Å². The molecule has 12 heteroatoms. The number of hydrogen-bond donors (Lipinski definition) is 3. The maximum absolute atomic E-state index is 14.1. The molecule has 0 radical (unpaired) electrons. The minimum atomic E-state index is -0.903. The van der Waals surface area contributed by atoms with Crippen molar-refractivity contribution >= 4 is 28.3 Å². The molecule has 11 nitrogen and oxygen atoms in total. The van der Waals surface area contributed by atoms with E-state index in [0.29, 0.717) is 18.0 Å². The molecule has 260 valence electrons. The molecular weight excluding hydrogens is 629 g/mol. The van der Waals surface area contributed by atoms with Gasteiger partial charge < -0.3 is 10.2 Å². The van der Waals surface area contributed by atoms with Crippen LogP contribution in [0.1, 0.15) is 113 Å². The average molecular weight is 679 g/mol. The topological polar surface area (TPSA) is 152 Å². The Bertz CT molecular complexity index is 1790. The summed E-state index contributed by atoms with van der Waals surface area (Å²) in [6, 6.07) is 4.24. The van der Waals surface area contributed by atoms with E-state index in [9.17, 15) is 9.59 Å². The number of aryl methyl sites for hydroxylation is 1. The quantitative estimate of drug-likeness (QED) is 0.129. The van der Waals surface area contributed by atoms with Gasteiger partial charge >= 0.3 is 5.76 Å². The molecule has 5 rings (SSSR count). The summed E-state index contributed by atoms with van der Waals surface area (Å²) in [6.07, 6.45) is 22.6. The second-order valence-electron chi connectivity index (χ2n) is 11.5. The van der Waals surface area contributed by atoms with Gasteiger partial charge in [0, 0.05) is 38.9 Å². The highest BCUT2D eigenvalue weighted by atomic mass is 32.1. The number of nitrogens with one attached hydrogen (secondary N) is 1. The van der Waals surface area contributed by atoms with Crippen LogP contribution in [0.2, 0.25) is 0 Å². The molecule has 0 aromatic carbocycles. The normalized spacial score (nSPS) is 13.9. The van der Waals surface area contributed by atoms with E-state index in [1.165, 1.54) is 6.42 Å². The van der Waals surface area contributed by atoms with Gasteiger partial charge in [0.05, 0.1) is 17.9 Å². The van der Waals surface area contributed by atoms with Crippen LogP contribution in [-0.2, 0) is 12.8 Å². The van der Waals surface area contributed by atoms with Crippen LogP contribution in [0.5, 0.6) is 0 Å². The molecule has 0 bridgehead atoms. The Labute approximate surface area is 286 Å². The summed E-state index contributed by atoms with van der Waals surface area (Å²) in [5, 5.41) is 25.1. The van der Waals surface area contributed by atoms with Crippen LogP contribution in [0.4, 0.5) is 0 Å². The van der Waals surface area contributed by atoms with Crippen molar-refractivity contribution in [2.75, 3.05) is 6.61 Å². The second kappa shape index (κ2) is 19.5. The van der Waals surface area contributed by atoms with E-state index >= 15 is 0 Å². The molecule has 48 heavy (non-hydrogen) atoms. The molecule has 0 unspecified atom stereocenters. The van der Waals surface area contributed by atoms with Crippen molar-refractivity contribution in [2.24, 2.45) is 0 Å². The van der Waals surface area contributed by atoms with Crippen molar-refractivity contribution in [3.63, 3.8) is 0 Å². The zero-order valence-corrected chi connectivity index (χ0v) is 29.8. The van der Waals surface area contributed by atoms with Crippen molar-refractivity contribution in [1.29, 1.82) is 0 Å². The van der Waals surface area contributed by atoms with E-state index in [2.05, 4.69) is 52.6 Å². The fraction of sp³-hybridized carbons (Fsp3) is 0.472. The van der Waals surface area contributed by atoms with Crippen molar-refractivity contribution in [3.8, 4) is 12.8 Å². The first-order valence-corrected chi connectivity index (χ1v) is 17.2. The molecule has 1 aliphatic rings. The van der Waals surface area contributed by atoms with Gasteiger partial charge in [-0.1, -0.05) is 76.4 Å². The Morgan fingerprint density at radius 1 is 1.19 bits per heavy atom. The van der Waals surface area contributed by atoms with Crippen LogP contribution in [0.3, 0.4) is 0 Å². The molecule has 0 aliphatic heterocycles. The molecule has 1 fully saturated rings. The van der Waals surface area contributed by atoms with Gasteiger partial charge in [-0.25, -0.2) is 9.31 Å². The summed E-state index contributed by atoms with van der Waals surface area (Å²) in [5.74, 6) is 0.402. The number of aromatic nitrogens is 6. The monoisotopic (exact) mass is 678 g/mol. The number of nitrogens with zero attached hydrogens (tertiary/aromatic N) is 5. The molecule has 1 saturated carbocycles. The fourth-order valence-electron chi connectivity index (χ4n) is 5.40. The molecular formula is C36H50N6O5S. The highest BCUT2D eigenvalue weighted by Crippen LogP contribution is 2.35. The van der Waals surface area contributed by atoms with Gasteiger partial charge in [0.15, 0.2) is 5.82 Å². The molecule has 1 aliphatic carbocycles. The number of hydrogen-bond acceptors (Lipinski definition) is 9. The van der Waals surface area contributed by atoms with Crippen LogP contribution < -0.4 is 11.3 Å². The largest absolute Gasteiger partial charge is 0.439 e. The van der Waals surface area contributed by atoms with E-state index in [0.717, 1.165) is 70.7 Å². The number of rotatable bonds is 10. The number of fused-ring (bicyclic) bond motifs is 1. The Kier molecular flexibility index (Phi) is 16.2. The Balaban J connectivity index is 0.000000713. The predicted octanol–water partition coefficient (Wildman–Crippen LogP) is 6.38. The van der Waals surface area contributed by atoms with Crippen molar-refractivity contribution < 1.29 is 14.7 Å². The first-order chi connectivity index (χ1) is 23.1. The maximum atomic E-state index is 14.1. The zero-order chi connectivity index (χ0) is 35.9. The summed E-state index contributed by atoms with van der Waals surface area (Å²) < 4.78 is 8.51. The van der Waals surface area contributed by atoms with Crippen LogP contribution >= 0.6 is 11.3 Å². The molecule has 3 N–H and O–H groups in total. The zero-order valence-electron chi connectivity index (χ0n) is 29.0. The number of thiophene rings is 1. The second-order valence-corrected chi connectivity index (χ2v) is 12.7. The smallest absolute Gasteiger partial charge is 0.393 e. The minimum Gasteiger partial charge on any atom is -0.393 e. The van der Waals surface area contributed by atoms with Gasteiger partial charge in [0.1, 0.15) is 6.33 Å². The third-order valence-corrected chi connectivity index (χ3v) is 8.60. The number of aliphatic hydroxyl groups excluding tert-OH is 1. The summed E-state index contributed by atoms with van der Waals surface area (Å²) >= 11 is 1.60. The van der Waals surface area contributed by atoms with Crippen LogP contribution in [0.25, 0.3) is 16.9 Å². The van der Waals surface area contributed by atoms with Gasteiger partial charge in [-0.05, 0) is 52.2 Å². The van der Waals surface area contributed by atoms with E-state index < -0.39 is 11.4 Å². The molecule has 0 saturated heterocycles. The Morgan fingerprint density at radius 3 is 2.40 bits per heavy atom. The lowest BCUT2D eigenvalue weighted by molar-refractivity contribution is 0.0183. The summed E-state index contributed by atoms with van der Waals surface area (Å²) in [7, 11) is 0. The van der Waals surface area contributed by atoms with Crippen LogP contribution in [0, 0.1) is 12.8 Å². The van der Waals surface area contributed by atoms with Gasteiger partial charge in [-0.15, -0.1) is 24.2 Å². The van der Waals surface area contributed by atoms with Crippen LogP contribution in [-0.4, -0.2) is 51.7 Å². The minimum absolute atomic E-state index is 0.0481. The highest BCUT2D eigenvalue weighted by molar-refractivity contribution is 7.13. The van der Waals surface area contributed by atoms with Crippen molar-refractivity contribution in [1.82, 2.24) is 29.3 Å². The van der Waals surface area contributed by atoms with Gasteiger partial charge in [-0.3, -0.25) is 18.9 Å². The average Bonchev–Trinajstić information content (AvgIpc) is 3.87. The first kappa shape index (κ1) is 39.9. The third kappa shape index (κ3) is 10.1. The van der Waals surface area contributed by atoms with Gasteiger partial charge in [0.2, 0.25) is 5.78 Å². The Hall–Kier alpha value is -4.31.